The number of hydrogen-bond acceptors (Lipinski definition) is 2. The van der Waals surface area contributed by atoms with Crippen LogP contribution >= 0.6 is 0 Å². The van der Waals surface area contributed by atoms with Crippen LogP contribution in [0.25, 0.3) is 0 Å². The summed E-state index contributed by atoms with van der Waals surface area (Å²) >= 11 is 0. The normalized spacial score (nSPS) is 14.7. The van der Waals surface area contributed by atoms with Crippen molar-refractivity contribution in [2.75, 3.05) is 12.8 Å². The summed E-state index contributed by atoms with van der Waals surface area (Å²) in [6.07, 6.45) is 2.30. The number of benzene rings is 1. The molecule has 2 unspecified atom stereocenters. The summed E-state index contributed by atoms with van der Waals surface area (Å²) < 4.78 is 11.9. The van der Waals surface area contributed by atoms with Crippen LogP contribution in [0.15, 0.2) is 24.3 Å². The van der Waals surface area contributed by atoms with Crippen LogP contribution in [-0.4, -0.2) is 22.3 Å². The molecule has 1 aromatic rings. The maximum atomic E-state index is 11.9. The summed E-state index contributed by atoms with van der Waals surface area (Å²) in [5, 5.41) is 3.48. The molecule has 0 amide bonds. The van der Waals surface area contributed by atoms with E-state index in [1.165, 1.54) is 17.5 Å². The number of rotatable bonds is 7. The topological polar surface area (TPSA) is 29.1 Å². The zero-order valence-corrected chi connectivity index (χ0v) is 12.7. The summed E-state index contributed by atoms with van der Waals surface area (Å²) in [7, 11) is 1.16. The summed E-state index contributed by atoms with van der Waals surface area (Å²) in [5.74, 6) is 0.682. The van der Waals surface area contributed by atoms with Gasteiger partial charge in [-0.3, -0.25) is 4.21 Å². The second-order valence-corrected chi connectivity index (χ2v) is 6.97. The molecular weight excluding hydrogens is 242 g/mol. The monoisotopic (exact) mass is 267 g/mol. The minimum Gasteiger partial charge on any atom is -0.312 e. The van der Waals surface area contributed by atoms with Crippen molar-refractivity contribution >= 4 is 10.8 Å². The molecule has 0 bridgehead atoms. The molecule has 2 atom stereocenters. The third-order valence-corrected chi connectivity index (χ3v) is 4.84. The zero-order chi connectivity index (χ0) is 13.5. The fourth-order valence-electron chi connectivity index (χ4n) is 1.91. The van der Waals surface area contributed by atoms with E-state index in [9.17, 15) is 4.21 Å². The van der Waals surface area contributed by atoms with Crippen LogP contribution in [0, 0.1) is 0 Å². The molecule has 18 heavy (non-hydrogen) atoms. The lowest BCUT2D eigenvalue weighted by Gasteiger charge is -2.18. The molecule has 102 valence electrons. The predicted octanol–water partition coefficient (Wildman–Crippen LogP) is 3.06. The fourth-order valence-corrected chi connectivity index (χ4v) is 2.98. The van der Waals surface area contributed by atoms with Gasteiger partial charge in [0, 0.05) is 27.8 Å². The Hall–Kier alpha value is -0.670. The lowest BCUT2D eigenvalue weighted by Crippen LogP contribution is -2.25. The lowest BCUT2D eigenvalue weighted by atomic mass is 10.0. The highest BCUT2D eigenvalue weighted by molar-refractivity contribution is 7.85. The summed E-state index contributed by atoms with van der Waals surface area (Å²) in [6.45, 7) is 6.20. The van der Waals surface area contributed by atoms with Gasteiger partial charge in [0.05, 0.1) is 0 Å². The average Bonchev–Trinajstić information content (AvgIpc) is 2.37. The number of aryl methyl sites for hydroxylation is 1. The molecule has 0 aromatic heterocycles. The zero-order valence-electron chi connectivity index (χ0n) is 11.9. The fraction of sp³-hybridized carbons (Fsp3) is 0.600. The maximum absolute atomic E-state index is 11.9. The predicted molar refractivity (Wildman–Crippen MR) is 80.4 cm³/mol. The van der Waals surface area contributed by atoms with Crippen molar-refractivity contribution in [2.45, 2.75) is 44.9 Å². The van der Waals surface area contributed by atoms with Crippen LogP contribution in [-0.2, 0) is 17.2 Å². The van der Waals surface area contributed by atoms with Crippen molar-refractivity contribution in [1.29, 1.82) is 0 Å². The SMILES string of the molecule is CCCc1ccc(C(CS(=O)C(C)C)NC)cc1. The molecule has 0 saturated carbocycles. The Balaban J connectivity index is 2.73. The van der Waals surface area contributed by atoms with Gasteiger partial charge in [-0.2, -0.15) is 0 Å². The standard InChI is InChI=1S/C15H25NOS/c1-5-6-13-7-9-14(10-8-13)15(16-4)11-18(17)12(2)3/h7-10,12,15-16H,5-6,11H2,1-4H3. The van der Waals surface area contributed by atoms with Crippen molar-refractivity contribution in [3.63, 3.8) is 0 Å². The largest absolute Gasteiger partial charge is 0.312 e. The number of nitrogens with one attached hydrogen (secondary N) is 1. The molecule has 1 N–H and O–H groups in total. The minimum atomic E-state index is -0.773. The molecule has 0 saturated heterocycles. The molecule has 0 heterocycles. The Kier molecular flexibility index (Phi) is 6.58. The Labute approximate surface area is 114 Å². The summed E-state index contributed by atoms with van der Waals surface area (Å²) in [5.41, 5.74) is 2.60. The Morgan fingerprint density at radius 1 is 1.22 bits per heavy atom. The van der Waals surface area contributed by atoms with E-state index in [0.717, 1.165) is 6.42 Å². The van der Waals surface area contributed by atoms with E-state index in [-0.39, 0.29) is 11.3 Å². The summed E-state index contributed by atoms with van der Waals surface area (Å²) in [4.78, 5) is 0. The van der Waals surface area contributed by atoms with E-state index < -0.39 is 10.8 Å². The molecule has 0 aliphatic carbocycles. The van der Waals surface area contributed by atoms with E-state index in [1.807, 2.05) is 20.9 Å². The van der Waals surface area contributed by atoms with Gasteiger partial charge in [0.15, 0.2) is 0 Å². The van der Waals surface area contributed by atoms with Gasteiger partial charge in [-0.25, -0.2) is 0 Å². The van der Waals surface area contributed by atoms with E-state index in [2.05, 4.69) is 36.5 Å². The maximum Gasteiger partial charge on any atom is 0.0434 e. The van der Waals surface area contributed by atoms with Crippen LogP contribution in [0.3, 0.4) is 0 Å². The first-order valence-corrected chi connectivity index (χ1v) is 8.10. The van der Waals surface area contributed by atoms with Crippen molar-refractivity contribution in [2.24, 2.45) is 0 Å². The van der Waals surface area contributed by atoms with E-state index in [4.69, 9.17) is 0 Å². The van der Waals surface area contributed by atoms with E-state index in [1.54, 1.807) is 0 Å². The Morgan fingerprint density at radius 3 is 2.28 bits per heavy atom. The van der Waals surface area contributed by atoms with Crippen LogP contribution in [0.1, 0.15) is 44.4 Å². The quantitative estimate of drug-likeness (QED) is 0.822. The second-order valence-electron chi connectivity index (χ2n) is 4.93. The van der Waals surface area contributed by atoms with Crippen LogP contribution < -0.4 is 5.32 Å². The highest BCUT2D eigenvalue weighted by atomic mass is 32.2. The summed E-state index contributed by atoms with van der Waals surface area (Å²) in [6, 6.07) is 8.86. The number of hydrogen-bond donors (Lipinski definition) is 1. The third-order valence-electron chi connectivity index (χ3n) is 3.13. The van der Waals surface area contributed by atoms with Gasteiger partial charge in [0.1, 0.15) is 0 Å². The molecule has 0 aliphatic heterocycles. The lowest BCUT2D eigenvalue weighted by molar-refractivity contribution is 0.631. The van der Waals surface area contributed by atoms with Gasteiger partial charge < -0.3 is 5.32 Å². The van der Waals surface area contributed by atoms with Gasteiger partial charge in [-0.05, 0) is 24.6 Å². The Bertz CT molecular complexity index is 373. The minimum absolute atomic E-state index is 0.184. The molecule has 1 rings (SSSR count). The van der Waals surface area contributed by atoms with Crippen molar-refractivity contribution in [3.8, 4) is 0 Å². The van der Waals surface area contributed by atoms with Crippen LogP contribution in [0.5, 0.6) is 0 Å². The molecule has 2 nitrogen and oxygen atoms in total. The van der Waals surface area contributed by atoms with Crippen molar-refractivity contribution < 1.29 is 4.21 Å². The van der Waals surface area contributed by atoms with E-state index in [0.29, 0.717) is 5.75 Å². The van der Waals surface area contributed by atoms with Crippen LogP contribution in [0.4, 0.5) is 0 Å². The molecule has 0 fully saturated rings. The van der Waals surface area contributed by atoms with Crippen molar-refractivity contribution in [1.82, 2.24) is 5.32 Å². The molecule has 0 aliphatic rings. The highest BCUT2D eigenvalue weighted by Crippen LogP contribution is 2.16. The molecule has 0 spiro atoms. The molecular formula is C15H25NOS. The molecule has 1 aromatic carbocycles. The van der Waals surface area contributed by atoms with E-state index >= 15 is 0 Å². The highest BCUT2D eigenvalue weighted by Gasteiger charge is 2.15. The Morgan fingerprint density at radius 2 is 1.83 bits per heavy atom. The van der Waals surface area contributed by atoms with Gasteiger partial charge in [0.25, 0.3) is 0 Å². The third kappa shape index (κ3) is 4.54. The van der Waals surface area contributed by atoms with Crippen LogP contribution in [0.2, 0.25) is 0 Å². The first-order chi connectivity index (χ1) is 8.58. The first-order valence-electron chi connectivity index (χ1n) is 6.71. The first kappa shape index (κ1) is 15.4. The van der Waals surface area contributed by atoms with Gasteiger partial charge in [-0.15, -0.1) is 0 Å². The van der Waals surface area contributed by atoms with Gasteiger partial charge >= 0.3 is 0 Å². The van der Waals surface area contributed by atoms with Gasteiger partial charge in [0.2, 0.25) is 0 Å². The van der Waals surface area contributed by atoms with Gasteiger partial charge in [-0.1, -0.05) is 51.5 Å². The van der Waals surface area contributed by atoms with Crippen molar-refractivity contribution in [3.05, 3.63) is 35.4 Å². The second kappa shape index (κ2) is 7.70. The smallest absolute Gasteiger partial charge is 0.0434 e. The molecule has 0 radical (unpaired) electrons. The molecule has 3 heteroatoms. The average molecular weight is 267 g/mol.